The van der Waals surface area contributed by atoms with Gasteiger partial charge in [0.25, 0.3) is 0 Å². The molecule has 0 amide bonds. The number of aromatic nitrogens is 2. The van der Waals surface area contributed by atoms with Gasteiger partial charge in [0.1, 0.15) is 12.3 Å². The first-order valence-corrected chi connectivity index (χ1v) is 8.48. The minimum absolute atomic E-state index is 0. The summed E-state index contributed by atoms with van der Waals surface area (Å²) in [6.07, 6.45) is 6.50. The molecule has 7 heteroatoms. The van der Waals surface area contributed by atoms with Crippen molar-refractivity contribution in [1.82, 2.24) is 20.4 Å². The number of guanidine groups is 1. The number of aliphatic imine (C=N–C) groups is 1. The lowest BCUT2D eigenvalue weighted by Gasteiger charge is -2.10. The van der Waals surface area contributed by atoms with Gasteiger partial charge >= 0.3 is 0 Å². The van der Waals surface area contributed by atoms with E-state index >= 15 is 0 Å². The van der Waals surface area contributed by atoms with Crippen LogP contribution in [0.1, 0.15) is 18.2 Å². The summed E-state index contributed by atoms with van der Waals surface area (Å²) in [4.78, 5) is 4.52. The molecule has 1 aromatic carbocycles. The van der Waals surface area contributed by atoms with Crippen LogP contribution in [0.25, 0.3) is 5.69 Å². The predicted octanol–water partition coefficient (Wildman–Crippen LogP) is 3.38. The van der Waals surface area contributed by atoms with Crippen molar-refractivity contribution < 1.29 is 4.42 Å². The third kappa shape index (κ3) is 5.91. The van der Waals surface area contributed by atoms with Crippen LogP contribution in [0.5, 0.6) is 0 Å². The van der Waals surface area contributed by atoms with E-state index in [1.165, 1.54) is 5.56 Å². The van der Waals surface area contributed by atoms with Crippen molar-refractivity contribution >= 4 is 29.9 Å². The molecule has 138 valence electrons. The summed E-state index contributed by atoms with van der Waals surface area (Å²) in [6.45, 7) is 4.17. The van der Waals surface area contributed by atoms with E-state index in [0.717, 1.165) is 36.9 Å². The van der Waals surface area contributed by atoms with Gasteiger partial charge in [-0.3, -0.25) is 0 Å². The Morgan fingerprint density at radius 3 is 2.73 bits per heavy atom. The molecule has 0 saturated carbocycles. The van der Waals surface area contributed by atoms with Crippen molar-refractivity contribution in [2.24, 2.45) is 4.99 Å². The molecule has 0 bridgehead atoms. The predicted molar refractivity (Wildman–Crippen MR) is 114 cm³/mol. The Morgan fingerprint density at radius 2 is 2.00 bits per heavy atom. The van der Waals surface area contributed by atoms with Crippen LogP contribution < -0.4 is 10.6 Å². The lowest BCUT2D eigenvalue weighted by atomic mass is 10.2. The number of benzene rings is 1. The Balaban J connectivity index is 0.00000243. The number of nitrogens with zero attached hydrogens (tertiary/aromatic N) is 3. The van der Waals surface area contributed by atoms with Gasteiger partial charge in [0.05, 0.1) is 18.1 Å². The molecule has 0 aliphatic rings. The molecule has 0 aliphatic heterocycles. The van der Waals surface area contributed by atoms with Crippen molar-refractivity contribution in [3.8, 4) is 5.69 Å². The zero-order chi connectivity index (χ0) is 17.3. The molecular weight excluding hydrogens is 441 g/mol. The molecule has 2 N–H and O–H groups in total. The molecule has 2 aromatic heterocycles. The highest BCUT2D eigenvalue weighted by Crippen LogP contribution is 2.07. The Labute approximate surface area is 170 Å². The van der Waals surface area contributed by atoms with Gasteiger partial charge in [-0.15, -0.1) is 24.0 Å². The van der Waals surface area contributed by atoms with Crippen LogP contribution in [-0.4, -0.2) is 28.8 Å². The average Bonchev–Trinajstić information content (AvgIpc) is 3.32. The number of hydrogen-bond donors (Lipinski definition) is 2. The molecule has 0 radical (unpaired) electrons. The summed E-state index contributed by atoms with van der Waals surface area (Å²) in [5, 5.41) is 11.0. The van der Waals surface area contributed by atoms with E-state index in [1.807, 2.05) is 60.3 Å². The van der Waals surface area contributed by atoms with Crippen molar-refractivity contribution in [3.63, 3.8) is 0 Å². The summed E-state index contributed by atoms with van der Waals surface area (Å²) in [7, 11) is 0. The minimum Gasteiger partial charge on any atom is -0.467 e. The molecule has 0 atom stereocenters. The zero-order valence-electron chi connectivity index (χ0n) is 14.8. The van der Waals surface area contributed by atoms with E-state index in [4.69, 9.17) is 4.42 Å². The first kappa shape index (κ1) is 20.0. The van der Waals surface area contributed by atoms with Crippen LogP contribution >= 0.6 is 24.0 Å². The van der Waals surface area contributed by atoms with Gasteiger partial charge in [0.15, 0.2) is 5.96 Å². The van der Waals surface area contributed by atoms with Crippen molar-refractivity contribution in [1.29, 1.82) is 0 Å². The number of furan rings is 1. The lowest BCUT2D eigenvalue weighted by molar-refractivity contribution is 0.512. The zero-order valence-corrected chi connectivity index (χ0v) is 17.1. The van der Waals surface area contributed by atoms with E-state index in [2.05, 4.69) is 26.9 Å². The topological polar surface area (TPSA) is 67.4 Å². The summed E-state index contributed by atoms with van der Waals surface area (Å²) in [6, 6.07) is 13.9. The second kappa shape index (κ2) is 10.6. The number of rotatable bonds is 7. The fraction of sp³-hybridized carbons (Fsp3) is 0.263. The van der Waals surface area contributed by atoms with Gasteiger partial charge in [0.2, 0.25) is 0 Å². The number of para-hydroxylation sites is 1. The minimum atomic E-state index is 0. The molecule has 3 aromatic rings. The normalized spacial score (nSPS) is 11.0. The molecule has 6 nitrogen and oxygen atoms in total. The van der Waals surface area contributed by atoms with Crippen LogP contribution in [0.2, 0.25) is 0 Å². The third-order valence-corrected chi connectivity index (χ3v) is 3.68. The SMILES string of the molecule is CCNC(=NCc1ccco1)NCCc1cnn(-c2ccccc2)c1.I. The fourth-order valence-corrected chi connectivity index (χ4v) is 2.44. The largest absolute Gasteiger partial charge is 0.467 e. The number of halogens is 1. The Morgan fingerprint density at radius 1 is 1.15 bits per heavy atom. The average molecular weight is 465 g/mol. The summed E-state index contributed by atoms with van der Waals surface area (Å²) in [5.74, 6) is 1.63. The van der Waals surface area contributed by atoms with Gasteiger partial charge < -0.3 is 15.1 Å². The molecule has 3 rings (SSSR count). The molecule has 0 saturated heterocycles. The molecule has 2 heterocycles. The maximum atomic E-state index is 5.31. The summed E-state index contributed by atoms with van der Waals surface area (Å²) in [5.41, 5.74) is 2.24. The summed E-state index contributed by atoms with van der Waals surface area (Å²) >= 11 is 0. The molecule has 0 fully saturated rings. The van der Waals surface area contributed by atoms with Crippen molar-refractivity contribution in [2.45, 2.75) is 19.9 Å². The van der Waals surface area contributed by atoms with Gasteiger partial charge in [-0.05, 0) is 43.2 Å². The molecular formula is C19H24IN5O. The van der Waals surface area contributed by atoms with E-state index in [9.17, 15) is 0 Å². The van der Waals surface area contributed by atoms with Crippen LogP contribution in [0, 0.1) is 0 Å². The van der Waals surface area contributed by atoms with Crippen LogP contribution in [-0.2, 0) is 13.0 Å². The van der Waals surface area contributed by atoms with Crippen LogP contribution in [0.4, 0.5) is 0 Å². The van der Waals surface area contributed by atoms with Gasteiger partial charge in [-0.25, -0.2) is 9.67 Å². The quantitative estimate of drug-likeness (QED) is 0.319. The van der Waals surface area contributed by atoms with E-state index in [0.29, 0.717) is 6.54 Å². The third-order valence-electron chi connectivity index (χ3n) is 3.68. The number of hydrogen-bond acceptors (Lipinski definition) is 3. The molecule has 0 spiro atoms. The number of nitrogens with one attached hydrogen (secondary N) is 2. The molecule has 0 unspecified atom stereocenters. The standard InChI is InChI=1S/C19H23N5O.HI/c1-2-20-19(22-14-18-9-6-12-25-18)21-11-10-16-13-23-24(15-16)17-7-4-3-5-8-17;/h3-9,12-13,15H,2,10-11,14H2,1H3,(H2,20,21,22);1H. The Hall–Kier alpha value is -2.29. The first-order valence-electron chi connectivity index (χ1n) is 8.48. The van der Waals surface area contributed by atoms with Crippen molar-refractivity contribution in [2.75, 3.05) is 13.1 Å². The van der Waals surface area contributed by atoms with E-state index < -0.39 is 0 Å². The van der Waals surface area contributed by atoms with Gasteiger partial charge in [-0.1, -0.05) is 18.2 Å². The summed E-state index contributed by atoms with van der Waals surface area (Å²) < 4.78 is 7.20. The van der Waals surface area contributed by atoms with Gasteiger partial charge in [-0.2, -0.15) is 5.10 Å². The highest BCUT2D eigenvalue weighted by Gasteiger charge is 2.02. The van der Waals surface area contributed by atoms with E-state index in [1.54, 1.807) is 6.26 Å². The highest BCUT2D eigenvalue weighted by molar-refractivity contribution is 14.0. The molecule has 0 aliphatic carbocycles. The molecule has 26 heavy (non-hydrogen) atoms. The van der Waals surface area contributed by atoms with Crippen LogP contribution in [0.15, 0.2) is 70.5 Å². The monoisotopic (exact) mass is 465 g/mol. The second-order valence-electron chi connectivity index (χ2n) is 5.58. The van der Waals surface area contributed by atoms with Crippen LogP contribution in [0.3, 0.4) is 0 Å². The maximum absolute atomic E-state index is 5.31. The highest BCUT2D eigenvalue weighted by atomic mass is 127. The fourth-order valence-electron chi connectivity index (χ4n) is 2.44. The van der Waals surface area contributed by atoms with Crippen molar-refractivity contribution in [3.05, 3.63) is 72.4 Å². The Bertz CT molecular complexity index is 783. The maximum Gasteiger partial charge on any atom is 0.191 e. The Kier molecular flexibility index (Phi) is 8.20. The lowest BCUT2D eigenvalue weighted by Crippen LogP contribution is -2.38. The van der Waals surface area contributed by atoms with Gasteiger partial charge in [0, 0.05) is 19.3 Å². The van der Waals surface area contributed by atoms with E-state index in [-0.39, 0.29) is 24.0 Å². The smallest absolute Gasteiger partial charge is 0.191 e. The second-order valence-corrected chi connectivity index (χ2v) is 5.58. The first-order chi connectivity index (χ1) is 12.3.